The summed E-state index contributed by atoms with van der Waals surface area (Å²) < 4.78 is 0. The van der Waals surface area contributed by atoms with E-state index in [1.54, 1.807) is 12.1 Å². The second-order valence-electron chi connectivity index (χ2n) is 8.44. The van der Waals surface area contributed by atoms with Gasteiger partial charge in [0.15, 0.2) is 0 Å². The van der Waals surface area contributed by atoms with Crippen molar-refractivity contribution in [1.82, 2.24) is 15.5 Å². The van der Waals surface area contributed by atoms with E-state index in [9.17, 15) is 19.5 Å². The van der Waals surface area contributed by atoms with Crippen LogP contribution in [0.25, 0.3) is 0 Å². The zero-order chi connectivity index (χ0) is 19.7. The molecule has 1 aromatic rings. The highest BCUT2D eigenvalue weighted by Crippen LogP contribution is 2.48. The quantitative estimate of drug-likeness (QED) is 0.623. The maximum absolute atomic E-state index is 12.4. The van der Waals surface area contributed by atoms with Crippen molar-refractivity contribution in [3.63, 3.8) is 0 Å². The number of carbonyl (C=O) groups excluding carboxylic acids is 2. The summed E-state index contributed by atoms with van der Waals surface area (Å²) in [5.41, 5.74) is 0.815. The minimum Gasteiger partial charge on any atom is -0.481 e. The van der Waals surface area contributed by atoms with Gasteiger partial charge in [-0.1, -0.05) is 18.6 Å². The summed E-state index contributed by atoms with van der Waals surface area (Å²) in [6.07, 6.45) is 4.69. The number of likely N-dealkylation sites (tertiary alicyclic amines) is 1. The van der Waals surface area contributed by atoms with Crippen LogP contribution in [-0.2, 0) is 16.1 Å². The number of aliphatic carboxylic acids is 1. The summed E-state index contributed by atoms with van der Waals surface area (Å²) in [4.78, 5) is 38.2. The van der Waals surface area contributed by atoms with E-state index in [-0.39, 0.29) is 36.7 Å². The van der Waals surface area contributed by atoms with E-state index in [4.69, 9.17) is 0 Å². The lowest BCUT2D eigenvalue weighted by atomic mass is 9.81. The van der Waals surface area contributed by atoms with Crippen molar-refractivity contribution in [1.29, 1.82) is 0 Å². The molecule has 2 saturated carbocycles. The van der Waals surface area contributed by atoms with E-state index >= 15 is 0 Å². The van der Waals surface area contributed by atoms with E-state index in [1.807, 2.05) is 17.0 Å². The number of rotatable bonds is 7. The molecular formula is C21H28ClN3O4. The van der Waals surface area contributed by atoms with Crippen LogP contribution in [0, 0.1) is 11.3 Å². The third-order valence-corrected chi connectivity index (χ3v) is 6.33. The number of nitrogens with one attached hydrogen (secondary N) is 2. The molecule has 3 aliphatic rings. The van der Waals surface area contributed by atoms with Gasteiger partial charge in [-0.2, -0.15) is 0 Å². The number of nitrogens with zero attached hydrogens (tertiary/aromatic N) is 1. The molecule has 0 aromatic heterocycles. The smallest absolute Gasteiger partial charge is 0.311 e. The van der Waals surface area contributed by atoms with Crippen LogP contribution in [-0.4, -0.2) is 53.5 Å². The van der Waals surface area contributed by atoms with Crippen LogP contribution in [0.1, 0.15) is 48.0 Å². The molecule has 2 amide bonds. The Morgan fingerprint density at radius 2 is 2.00 bits per heavy atom. The van der Waals surface area contributed by atoms with Crippen molar-refractivity contribution in [3.8, 4) is 0 Å². The Kier molecular flexibility index (Phi) is 6.49. The van der Waals surface area contributed by atoms with Crippen molar-refractivity contribution in [2.75, 3.05) is 19.6 Å². The molecule has 0 bridgehead atoms. The van der Waals surface area contributed by atoms with E-state index in [0.29, 0.717) is 37.7 Å². The van der Waals surface area contributed by atoms with Crippen LogP contribution in [0.2, 0.25) is 0 Å². The standard InChI is InChI=1S/C21H27N3O4.ClH/c25-18(12-24-11-16-5-2-8-21(16,13-24)20(27)28)22-10-14-3-1-4-15(9-14)19(26)23-17-6-7-17;/h1,3-4,9,16-17H,2,5-8,10-13H2,(H,22,25)(H,23,26)(H,27,28);1H/t16-,21+;/m0./s1. The Balaban J connectivity index is 0.00000240. The van der Waals surface area contributed by atoms with E-state index in [2.05, 4.69) is 10.6 Å². The predicted molar refractivity (Wildman–Crippen MR) is 110 cm³/mol. The summed E-state index contributed by atoms with van der Waals surface area (Å²) in [7, 11) is 0. The van der Waals surface area contributed by atoms with Crippen LogP contribution >= 0.6 is 12.4 Å². The molecule has 2 atom stereocenters. The number of fused-ring (bicyclic) bond motifs is 1. The fourth-order valence-corrected chi connectivity index (χ4v) is 4.64. The predicted octanol–water partition coefficient (Wildman–Crippen LogP) is 1.80. The van der Waals surface area contributed by atoms with E-state index in [0.717, 1.165) is 31.2 Å². The molecule has 1 heterocycles. The van der Waals surface area contributed by atoms with Gasteiger partial charge in [-0.3, -0.25) is 19.3 Å². The van der Waals surface area contributed by atoms with Crippen LogP contribution < -0.4 is 10.6 Å². The van der Waals surface area contributed by atoms with Crippen LogP contribution in [0.5, 0.6) is 0 Å². The molecule has 4 rings (SSSR count). The van der Waals surface area contributed by atoms with Gasteiger partial charge >= 0.3 is 5.97 Å². The second-order valence-corrected chi connectivity index (χ2v) is 8.44. The number of carboxylic acid groups (broad SMARTS) is 1. The lowest BCUT2D eigenvalue weighted by molar-refractivity contribution is -0.149. The Labute approximate surface area is 176 Å². The maximum atomic E-state index is 12.4. The van der Waals surface area contributed by atoms with Crippen molar-refractivity contribution in [3.05, 3.63) is 35.4 Å². The van der Waals surface area contributed by atoms with Gasteiger partial charge in [-0.05, 0) is 49.3 Å². The summed E-state index contributed by atoms with van der Waals surface area (Å²) in [5.74, 6) is -0.759. The molecule has 7 nitrogen and oxygen atoms in total. The highest BCUT2D eigenvalue weighted by atomic mass is 35.5. The SMILES string of the molecule is Cl.O=C(CN1C[C@@H]2CCC[C@@]2(C(=O)O)C1)NCc1cccc(C(=O)NC2CC2)c1. The van der Waals surface area contributed by atoms with Crippen molar-refractivity contribution in [2.45, 2.75) is 44.7 Å². The number of carbonyl (C=O) groups is 3. The Hall–Kier alpha value is -2.12. The fourth-order valence-electron chi connectivity index (χ4n) is 4.64. The second kappa shape index (κ2) is 8.71. The van der Waals surface area contributed by atoms with E-state index < -0.39 is 11.4 Å². The van der Waals surface area contributed by atoms with Gasteiger partial charge in [0.05, 0.1) is 12.0 Å². The highest BCUT2D eigenvalue weighted by molar-refractivity contribution is 5.94. The molecule has 0 spiro atoms. The minimum absolute atomic E-state index is 0. The number of hydrogen-bond acceptors (Lipinski definition) is 4. The molecule has 158 valence electrons. The molecule has 2 aliphatic carbocycles. The first-order valence-electron chi connectivity index (χ1n) is 10.1. The first-order valence-corrected chi connectivity index (χ1v) is 10.1. The van der Waals surface area contributed by atoms with Gasteiger partial charge < -0.3 is 15.7 Å². The van der Waals surface area contributed by atoms with Crippen LogP contribution in [0.4, 0.5) is 0 Å². The Morgan fingerprint density at radius 3 is 2.69 bits per heavy atom. The first kappa shape index (κ1) is 21.6. The molecule has 1 aliphatic heterocycles. The van der Waals surface area contributed by atoms with Gasteiger partial charge in [0.1, 0.15) is 0 Å². The zero-order valence-electron chi connectivity index (χ0n) is 16.4. The van der Waals surface area contributed by atoms with Gasteiger partial charge in [0, 0.05) is 31.2 Å². The molecule has 1 saturated heterocycles. The van der Waals surface area contributed by atoms with Crippen molar-refractivity contribution in [2.24, 2.45) is 11.3 Å². The van der Waals surface area contributed by atoms with Gasteiger partial charge in [0.25, 0.3) is 5.91 Å². The number of hydrogen-bond donors (Lipinski definition) is 3. The summed E-state index contributed by atoms with van der Waals surface area (Å²) >= 11 is 0. The molecule has 8 heteroatoms. The number of amides is 2. The maximum Gasteiger partial charge on any atom is 0.311 e. The van der Waals surface area contributed by atoms with Gasteiger partial charge in [-0.15, -0.1) is 12.4 Å². The molecule has 29 heavy (non-hydrogen) atoms. The molecule has 1 aromatic carbocycles. The van der Waals surface area contributed by atoms with Crippen molar-refractivity contribution < 1.29 is 19.5 Å². The third kappa shape index (κ3) is 4.73. The fraction of sp³-hybridized carbons (Fsp3) is 0.571. The highest BCUT2D eigenvalue weighted by Gasteiger charge is 2.54. The number of carboxylic acids is 1. The molecule has 3 fully saturated rings. The largest absolute Gasteiger partial charge is 0.481 e. The Morgan fingerprint density at radius 1 is 1.21 bits per heavy atom. The average molecular weight is 422 g/mol. The molecular weight excluding hydrogens is 394 g/mol. The summed E-state index contributed by atoms with van der Waals surface area (Å²) in [5, 5.41) is 15.5. The topological polar surface area (TPSA) is 98.7 Å². The molecule has 0 radical (unpaired) electrons. The minimum atomic E-state index is -0.723. The van der Waals surface area contributed by atoms with Crippen molar-refractivity contribution >= 4 is 30.2 Å². The number of benzene rings is 1. The molecule has 3 N–H and O–H groups in total. The molecule has 0 unspecified atom stereocenters. The third-order valence-electron chi connectivity index (χ3n) is 6.33. The summed E-state index contributed by atoms with van der Waals surface area (Å²) in [6.45, 7) is 1.70. The van der Waals surface area contributed by atoms with E-state index in [1.165, 1.54) is 0 Å². The number of halogens is 1. The van der Waals surface area contributed by atoms with Crippen LogP contribution in [0.3, 0.4) is 0 Å². The zero-order valence-corrected chi connectivity index (χ0v) is 17.2. The normalized spacial score (nSPS) is 25.7. The Bertz CT molecular complexity index is 798. The summed E-state index contributed by atoms with van der Waals surface area (Å²) in [6, 6.07) is 7.59. The van der Waals surface area contributed by atoms with Gasteiger partial charge in [0.2, 0.25) is 5.91 Å². The average Bonchev–Trinajstić information content (AvgIpc) is 3.27. The first-order chi connectivity index (χ1) is 13.5. The monoisotopic (exact) mass is 421 g/mol. The van der Waals surface area contributed by atoms with Gasteiger partial charge in [-0.25, -0.2) is 0 Å². The van der Waals surface area contributed by atoms with Crippen LogP contribution in [0.15, 0.2) is 24.3 Å². The lowest BCUT2D eigenvalue weighted by Crippen LogP contribution is -2.39. The lowest BCUT2D eigenvalue weighted by Gasteiger charge is -2.23.